The molecule has 0 amide bonds. The van der Waals surface area contributed by atoms with Crippen molar-refractivity contribution < 1.29 is 22.6 Å². The van der Waals surface area contributed by atoms with Crippen molar-refractivity contribution in [2.75, 3.05) is 46.5 Å². The van der Waals surface area contributed by atoms with Crippen LogP contribution in [0, 0.1) is 5.92 Å². The van der Waals surface area contributed by atoms with Gasteiger partial charge >= 0.3 is 6.18 Å². The highest BCUT2D eigenvalue weighted by atomic mass is 127. The molecule has 1 N–H and O–H groups in total. The Morgan fingerprint density at radius 3 is 2.82 bits per heavy atom. The van der Waals surface area contributed by atoms with Crippen LogP contribution in [0.3, 0.4) is 0 Å². The third-order valence-electron chi connectivity index (χ3n) is 4.74. The molecule has 0 spiro atoms. The van der Waals surface area contributed by atoms with Crippen molar-refractivity contribution in [2.45, 2.75) is 25.1 Å². The van der Waals surface area contributed by atoms with E-state index >= 15 is 0 Å². The van der Waals surface area contributed by atoms with E-state index in [4.69, 9.17) is 9.47 Å². The Morgan fingerprint density at radius 1 is 1.36 bits per heavy atom. The zero-order valence-corrected chi connectivity index (χ0v) is 18.2. The maximum absolute atomic E-state index is 13.0. The summed E-state index contributed by atoms with van der Waals surface area (Å²) >= 11 is 0. The van der Waals surface area contributed by atoms with Crippen LogP contribution in [0.1, 0.15) is 30.1 Å². The van der Waals surface area contributed by atoms with Gasteiger partial charge in [0, 0.05) is 26.7 Å². The Morgan fingerprint density at radius 2 is 2.14 bits per heavy atom. The van der Waals surface area contributed by atoms with Crippen molar-refractivity contribution in [2.24, 2.45) is 10.9 Å². The smallest absolute Gasteiger partial charge is 0.379 e. The van der Waals surface area contributed by atoms with E-state index in [0.29, 0.717) is 44.4 Å². The van der Waals surface area contributed by atoms with Crippen LogP contribution in [0.4, 0.5) is 13.2 Å². The predicted molar refractivity (Wildman–Crippen MR) is 112 cm³/mol. The molecule has 2 fully saturated rings. The third-order valence-corrected chi connectivity index (χ3v) is 4.74. The summed E-state index contributed by atoms with van der Waals surface area (Å²) in [5.41, 5.74) is -0.131. The fourth-order valence-corrected chi connectivity index (χ4v) is 3.06. The highest BCUT2D eigenvalue weighted by Crippen LogP contribution is 2.32. The molecule has 1 aromatic carbocycles. The van der Waals surface area contributed by atoms with Gasteiger partial charge in [0.05, 0.1) is 25.3 Å². The first-order valence-electron chi connectivity index (χ1n) is 9.29. The average molecular weight is 513 g/mol. The summed E-state index contributed by atoms with van der Waals surface area (Å²) in [5, 5.41) is 3.26. The SMILES string of the molecule is CN=C(NCCOCC1CC1)N1CCOC(c2cccc(C(F)(F)F)c2)C1.I. The van der Waals surface area contributed by atoms with Gasteiger partial charge in [0.15, 0.2) is 5.96 Å². The van der Waals surface area contributed by atoms with Gasteiger partial charge in [-0.3, -0.25) is 4.99 Å². The second kappa shape index (κ2) is 10.6. The van der Waals surface area contributed by atoms with E-state index in [2.05, 4.69) is 10.3 Å². The van der Waals surface area contributed by atoms with E-state index in [1.54, 1.807) is 13.1 Å². The molecular weight excluding hydrogens is 486 g/mol. The number of hydrogen-bond donors (Lipinski definition) is 1. The quantitative estimate of drug-likeness (QED) is 0.273. The monoisotopic (exact) mass is 513 g/mol. The lowest BCUT2D eigenvalue weighted by Crippen LogP contribution is -2.48. The van der Waals surface area contributed by atoms with Crippen LogP contribution in [-0.4, -0.2) is 57.4 Å². The molecule has 1 aliphatic heterocycles. The number of nitrogens with one attached hydrogen (secondary N) is 1. The van der Waals surface area contributed by atoms with Crippen LogP contribution >= 0.6 is 24.0 Å². The van der Waals surface area contributed by atoms with E-state index in [-0.39, 0.29) is 24.0 Å². The molecule has 1 aliphatic carbocycles. The van der Waals surface area contributed by atoms with Crippen LogP contribution in [-0.2, 0) is 15.7 Å². The molecule has 28 heavy (non-hydrogen) atoms. The molecule has 1 saturated heterocycles. The minimum absolute atomic E-state index is 0. The van der Waals surface area contributed by atoms with E-state index in [1.165, 1.54) is 18.9 Å². The molecule has 9 heteroatoms. The maximum Gasteiger partial charge on any atom is 0.416 e. The van der Waals surface area contributed by atoms with Crippen molar-refractivity contribution in [1.29, 1.82) is 0 Å². The van der Waals surface area contributed by atoms with Crippen LogP contribution in [0.25, 0.3) is 0 Å². The number of guanidine groups is 1. The number of rotatable bonds is 6. The number of benzene rings is 1. The lowest BCUT2D eigenvalue weighted by molar-refractivity contribution is -0.137. The Bertz CT molecular complexity index is 654. The number of hydrogen-bond acceptors (Lipinski definition) is 3. The minimum Gasteiger partial charge on any atom is -0.379 e. The van der Waals surface area contributed by atoms with Crippen molar-refractivity contribution in [3.63, 3.8) is 0 Å². The predicted octanol–water partition coefficient (Wildman–Crippen LogP) is 3.70. The lowest BCUT2D eigenvalue weighted by Gasteiger charge is -2.35. The molecule has 1 unspecified atom stereocenters. The van der Waals surface area contributed by atoms with Gasteiger partial charge in [0.25, 0.3) is 0 Å². The molecule has 0 radical (unpaired) electrons. The van der Waals surface area contributed by atoms with E-state index < -0.39 is 17.8 Å². The first-order chi connectivity index (χ1) is 13.0. The van der Waals surface area contributed by atoms with Crippen LogP contribution in [0.2, 0.25) is 0 Å². The molecule has 1 atom stereocenters. The van der Waals surface area contributed by atoms with Gasteiger partial charge in [0.2, 0.25) is 0 Å². The Balaban J connectivity index is 0.00000280. The molecule has 0 aromatic heterocycles. The molecular formula is C19H27F3IN3O2. The van der Waals surface area contributed by atoms with Gasteiger partial charge in [-0.15, -0.1) is 24.0 Å². The van der Waals surface area contributed by atoms with E-state index in [1.807, 2.05) is 4.90 Å². The Kier molecular flexibility index (Phi) is 8.81. The zero-order chi connectivity index (χ0) is 19.3. The molecule has 2 aliphatic rings. The van der Waals surface area contributed by atoms with Gasteiger partial charge in [-0.05, 0) is 36.5 Å². The molecule has 1 aromatic rings. The summed E-state index contributed by atoms with van der Waals surface area (Å²) in [5.74, 6) is 1.45. The van der Waals surface area contributed by atoms with Gasteiger partial charge in [0.1, 0.15) is 6.10 Å². The molecule has 0 bridgehead atoms. The van der Waals surface area contributed by atoms with E-state index in [0.717, 1.165) is 24.7 Å². The van der Waals surface area contributed by atoms with E-state index in [9.17, 15) is 13.2 Å². The van der Waals surface area contributed by atoms with Gasteiger partial charge in [-0.2, -0.15) is 13.2 Å². The number of ether oxygens (including phenoxy) is 2. The lowest BCUT2D eigenvalue weighted by atomic mass is 10.0. The molecule has 3 rings (SSSR count). The Labute approximate surface area is 180 Å². The van der Waals surface area contributed by atoms with Crippen LogP contribution in [0.5, 0.6) is 0 Å². The molecule has 1 heterocycles. The molecule has 5 nitrogen and oxygen atoms in total. The van der Waals surface area contributed by atoms with Crippen LogP contribution in [0.15, 0.2) is 29.3 Å². The highest BCUT2D eigenvalue weighted by molar-refractivity contribution is 14.0. The number of aliphatic imine (C=N–C) groups is 1. The largest absolute Gasteiger partial charge is 0.416 e. The average Bonchev–Trinajstić information content (AvgIpc) is 3.49. The van der Waals surface area contributed by atoms with Crippen molar-refractivity contribution in [1.82, 2.24) is 10.2 Å². The number of alkyl halides is 3. The summed E-state index contributed by atoms with van der Waals surface area (Å²) in [7, 11) is 1.70. The Hall–Kier alpha value is -1.07. The van der Waals surface area contributed by atoms with Gasteiger partial charge < -0.3 is 19.7 Å². The molecule has 1 saturated carbocycles. The first kappa shape index (κ1) is 23.2. The number of nitrogens with zero attached hydrogens (tertiary/aromatic N) is 2. The zero-order valence-electron chi connectivity index (χ0n) is 15.9. The first-order valence-corrected chi connectivity index (χ1v) is 9.29. The minimum atomic E-state index is -4.36. The third kappa shape index (κ3) is 6.77. The van der Waals surface area contributed by atoms with Crippen molar-refractivity contribution in [3.8, 4) is 0 Å². The second-order valence-electron chi connectivity index (χ2n) is 6.92. The summed E-state index contributed by atoms with van der Waals surface area (Å²) in [6, 6.07) is 5.33. The summed E-state index contributed by atoms with van der Waals surface area (Å²) in [6.07, 6.45) is -2.26. The summed E-state index contributed by atoms with van der Waals surface area (Å²) in [6.45, 7) is 3.58. The van der Waals surface area contributed by atoms with Crippen LogP contribution < -0.4 is 5.32 Å². The highest BCUT2D eigenvalue weighted by Gasteiger charge is 2.32. The maximum atomic E-state index is 13.0. The van der Waals surface area contributed by atoms with Gasteiger partial charge in [-0.1, -0.05) is 12.1 Å². The van der Waals surface area contributed by atoms with Gasteiger partial charge in [-0.25, -0.2) is 0 Å². The normalized spacial score (nSPS) is 20.6. The summed E-state index contributed by atoms with van der Waals surface area (Å²) in [4.78, 5) is 6.29. The van der Waals surface area contributed by atoms with Crippen molar-refractivity contribution in [3.05, 3.63) is 35.4 Å². The number of halogens is 4. The number of morpholine rings is 1. The standard InChI is InChI=1S/C19H26F3N3O2.HI/c1-23-18(24-7-9-26-13-14-5-6-14)25-8-10-27-17(12-25)15-3-2-4-16(11-15)19(20,21)22;/h2-4,11,14,17H,5-10,12-13H2,1H3,(H,23,24);1H. The summed E-state index contributed by atoms with van der Waals surface area (Å²) < 4.78 is 50.2. The van der Waals surface area contributed by atoms with Crippen molar-refractivity contribution >= 4 is 29.9 Å². The topological polar surface area (TPSA) is 46.1 Å². The fourth-order valence-electron chi connectivity index (χ4n) is 3.06. The fraction of sp³-hybridized carbons (Fsp3) is 0.632. The molecule has 158 valence electrons. The second-order valence-corrected chi connectivity index (χ2v) is 6.92.